The van der Waals surface area contributed by atoms with Crippen molar-refractivity contribution in [2.24, 2.45) is 5.90 Å². The molecule has 0 saturated carbocycles. The van der Waals surface area contributed by atoms with E-state index in [4.69, 9.17) is 10.3 Å². The summed E-state index contributed by atoms with van der Waals surface area (Å²) in [7, 11) is 0. The van der Waals surface area contributed by atoms with Gasteiger partial charge in [-0.15, -0.1) is 11.3 Å². The van der Waals surface area contributed by atoms with Gasteiger partial charge in [0.1, 0.15) is 10.6 Å². The second kappa shape index (κ2) is 6.04. The molecule has 0 atom stereocenters. The smallest absolute Gasteiger partial charge is 0.345 e. The summed E-state index contributed by atoms with van der Waals surface area (Å²) in [5, 5.41) is 12.9. The van der Waals surface area contributed by atoms with Crippen LogP contribution in [0.4, 0.5) is 0 Å². The lowest BCUT2D eigenvalue weighted by Crippen LogP contribution is -2.03. The Morgan fingerprint density at radius 3 is 2.84 bits per heavy atom. The average Bonchev–Trinajstić information content (AvgIpc) is 3.11. The lowest BCUT2D eigenvalue weighted by atomic mass is 10.1. The van der Waals surface area contributed by atoms with Crippen LogP contribution in [0.2, 0.25) is 0 Å². The van der Waals surface area contributed by atoms with Gasteiger partial charge < -0.3 is 14.4 Å². The number of phenols is 1. The highest BCUT2D eigenvalue weighted by Gasteiger charge is 2.13. The maximum absolute atomic E-state index is 12.3. The SMILES string of the molecule is NOc1cc(-c2nc(-c3cc4ccccc4oc3=O)cs2)ccc1O. The van der Waals surface area contributed by atoms with Crippen molar-refractivity contribution >= 4 is 22.3 Å². The molecular formula is C18H12N2O4S. The number of nitrogens with zero attached hydrogens (tertiary/aromatic N) is 1. The van der Waals surface area contributed by atoms with Crippen molar-refractivity contribution < 1.29 is 14.4 Å². The van der Waals surface area contributed by atoms with Crippen LogP contribution >= 0.6 is 11.3 Å². The summed E-state index contributed by atoms with van der Waals surface area (Å²) in [6, 6.07) is 13.8. The van der Waals surface area contributed by atoms with Crippen molar-refractivity contribution in [1.29, 1.82) is 0 Å². The number of aromatic nitrogens is 1. The maximum atomic E-state index is 12.3. The first kappa shape index (κ1) is 15.4. The highest BCUT2D eigenvalue weighted by Crippen LogP contribution is 2.34. The number of thiazole rings is 1. The minimum atomic E-state index is -0.438. The minimum Gasteiger partial charge on any atom is -0.504 e. The Labute approximate surface area is 145 Å². The van der Waals surface area contributed by atoms with Crippen molar-refractivity contribution in [2.75, 3.05) is 0 Å². The number of para-hydroxylation sites is 1. The molecule has 0 aliphatic rings. The minimum absolute atomic E-state index is 0.0572. The van der Waals surface area contributed by atoms with Crippen LogP contribution < -0.4 is 16.4 Å². The van der Waals surface area contributed by atoms with Gasteiger partial charge in [0, 0.05) is 16.3 Å². The summed E-state index contributed by atoms with van der Waals surface area (Å²) < 4.78 is 5.35. The summed E-state index contributed by atoms with van der Waals surface area (Å²) in [4.78, 5) is 21.4. The number of hydrogen-bond acceptors (Lipinski definition) is 7. The fraction of sp³-hybridized carbons (Fsp3) is 0. The van der Waals surface area contributed by atoms with Gasteiger partial charge in [-0.1, -0.05) is 18.2 Å². The molecule has 2 aromatic heterocycles. The van der Waals surface area contributed by atoms with Crippen molar-refractivity contribution in [1.82, 2.24) is 4.98 Å². The fourth-order valence-corrected chi connectivity index (χ4v) is 3.33. The second-order valence-electron chi connectivity index (χ2n) is 5.32. The van der Waals surface area contributed by atoms with Gasteiger partial charge in [0.05, 0.1) is 11.3 Å². The lowest BCUT2D eigenvalue weighted by molar-refractivity contribution is 0.313. The first-order valence-corrected chi connectivity index (χ1v) is 8.22. The molecule has 0 saturated heterocycles. The zero-order valence-electron chi connectivity index (χ0n) is 12.8. The van der Waals surface area contributed by atoms with Crippen LogP contribution in [0.15, 0.2) is 63.1 Å². The molecule has 124 valence electrons. The molecule has 0 amide bonds. The topological polar surface area (TPSA) is 98.6 Å². The van der Waals surface area contributed by atoms with E-state index in [1.807, 2.05) is 18.2 Å². The summed E-state index contributed by atoms with van der Waals surface area (Å²) in [5.74, 6) is 5.23. The van der Waals surface area contributed by atoms with Gasteiger partial charge in [-0.05, 0) is 30.3 Å². The van der Waals surface area contributed by atoms with Gasteiger partial charge in [0.15, 0.2) is 11.5 Å². The van der Waals surface area contributed by atoms with E-state index in [9.17, 15) is 9.90 Å². The highest BCUT2D eigenvalue weighted by molar-refractivity contribution is 7.13. The summed E-state index contributed by atoms with van der Waals surface area (Å²) in [6.45, 7) is 0. The van der Waals surface area contributed by atoms with E-state index in [1.165, 1.54) is 17.4 Å². The molecule has 7 heteroatoms. The van der Waals surface area contributed by atoms with Crippen LogP contribution in [0.5, 0.6) is 11.5 Å². The molecular weight excluding hydrogens is 340 g/mol. The van der Waals surface area contributed by atoms with E-state index >= 15 is 0 Å². The number of rotatable bonds is 3. The van der Waals surface area contributed by atoms with Crippen molar-refractivity contribution in [3.8, 4) is 33.3 Å². The number of hydrogen-bond donors (Lipinski definition) is 2. The van der Waals surface area contributed by atoms with Gasteiger partial charge in [-0.25, -0.2) is 9.78 Å². The van der Waals surface area contributed by atoms with Crippen LogP contribution in [0, 0.1) is 0 Å². The van der Waals surface area contributed by atoms with Crippen LogP contribution in [-0.2, 0) is 0 Å². The van der Waals surface area contributed by atoms with Crippen molar-refractivity contribution in [2.45, 2.75) is 0 Å². The number of aromatic hydroxyl groups is 1. The molecule has 2 aromatic carbocycles. The molecule has 3 N–H and O–H groups in total. The third-order valence-corrected chi connectivity index (χ3v) is 4.65. The Morgan fingerprint density at radius 1 is 1.16 bits per heavy atom. The van der Waals surface area contributed by atoms with Gasteiger partial charge in [-0.3, -0.25) is 0 Å². The van der Waals surface area contributed by atoms with Crippen LogP contribution in [0.1, 0.15) is 0 Å². The predicted molar refractivity (Wildman–Crippen MR) is 95.5 cm³/mol. The van der Waals surface area contributed by atoms with E-state index < -0.39 is 5.63 Å². The molecule has 6 nitrogen and oxygen atoms in total. The standard InChI is InChI=1S/C18H12N2O4S/c19-24-16-8-11(5-6-14(16)21)17-20-13(9-25-17)12-7-10-3-1-2-4-15(10)23-18(12)22/h1-9,21H,19H2. The van der Waals surface area contributed by atoms with Crippen molar-refractivity contribution in [3.63, 3.8) is 0 Å². The first-order valence-electron chi connectivity index (χ1n) is 7.34. The Bertz CT molecular complexity index is 1130. The molecule has 2 heterocycles. The van der Waals surface area contributed by atoms with Crippen LogP contribution in [0.25, 0.3) is 32.8 Å². The third-order valence-electron chi connectivity index (χ3n) is 3.76. The fourth-order valence-electron chi connectivity index (χ4n) is 2.51. The third kappa shape index (κ3) is 2.75. The Kier molecular flexibility index (Phi) is 3.72. The van der Waals surface area contributed by atoms with Crippen LogP contribution in [0.3, 0.4) is 0 Å². The first-order chi connectivity index (χ1) is 12.2. The zero-order valence-corrected chi connectivity index (χ0v) is 13.6. The van der Waals surface area contributed by atoms with E-state index in [-0.39, 0.29) is 11.5 Å². The highest BCUT2D eigenvalue weighted by atomic mass is 32.1. The largest absolute Gasteiger partial charge is 0.504 e. The molecule has 0 radical (unpaired) electrons. The Morgan fingerprint density at radius 2 is 2.00 bits per heavy atom. The molecule has 25 heavy (non-hydrogen) atoms. The van der Waals surface area contributed by atoms with Gasteiger partial charge >= 0.3 is 5.63 Å². The summed E-state index contributed by atoms with van der Waals surface area (Å²) in [5.41, 5.74) is 1.75. The number of fused-ring (bicyclic) bond motifs is 1. The molecule has 0 aliphatic carbocycles. The van der Waals surface area contributed by atoms with Gasteiger partial charge in [0.2, 0.25) is 0 Å². The molecule has 0 bridgehead atoms. The Hall–Kier alpha value is -3.16. The maximum Gasteiger partial charge on any atom is 0.345 e. The van der Waals surface area contributed by atoms with E-state index in [2.05, 4.69) is 9.82 Å². The summed E-state index contributed by atoms with van der Waals surface area (Å²) >= 11 is 1.37. The summed E-state index contributed by atoms with van der Waals surface area (Å²) in [6.07, 6.45) is 0. The predicted octanol–water partition coefficient (Wildman–Crippen LogP) is 3.54. The van der Waals surface area contributed by atoms with Crippen LogP contribution in [-0.4, -0.2) is 10.1 Å². The van der Waals surface area contributed by atoms with E-state index in [0.29, 0.717) is 21.8 Å². The average molecular weight is 352 g/mol. The number of benzene rings is 2. The quantitative estimate of drug-likeness (QED) is 0.432. The molecule has 0 fully saturated rings. The number of phenolic OH excluding ortho intramolecular Hbond substituents is 1. The monoisotopic (exact) mass is 352 g/mol. The number of nitrogens with two attached hydrogens (primary N) is 1. The second-order valence-corrected chi connectivity index (χ2v) is 6.18. The molecule has 0 unspecified atom stereocenters. The van der Waals surface area contributed by atoms with E-state index in [0.717, 1.165) is 10.9 Å². The lowest BCUT2D eigenvalue weighted by Gasteiger charge is -2.03. The Balaban J connectivity index is 1.79. The van der Waals surface area contributed by atoms with Crippen molar-refractivity contribution in [3.05, 3.63) is 64.3 Å². The molecule has 4 rings (SSSR count). The van der Waals surface area contributed by atoms with Gasteiger partial charge in [-0.2, -0.15) is 5.90 Å². The molecule has 0 spiro atoms. The normalized spacial score (nSPS) is 10.9. The van der Waals surface area contributed by atoms with E-state index in [1.54, 1.807) is 29.6 Å². The molecule has 4 aromatic rings. The molecule has 0 aliphatic heterocycles. The zero-order chi connectivity index (χ0) is 17.4. The van der Waals surface area contributed by atoms with Gasteiger partial charge in [0.25, 0.3) is 0 Å².